The molecule has 112 valence electrons. The number of methoxy groups -OCH3 is 2. The summed E-state index contributed by atoms with van der Waals surface area (Å²) in [5.41, 5.74) is 8.54. The van der Waals surface area contributed by atoms with E-state index < -0.39 is 0 Å². The Labute approximate surface area is 132 Å². The summed E-state index contributed by atoms with van der Waals surface area (Å²) in [6, 6.07) is 5.91. The maximum atomic E-state index is 5.89. The van der Waals surface area contributed by atoms with Crippen LogP contribution in [0.2, 0.25) is 0 Å². The molecule has 0 atom stereocenters. The van der Waals surface area contributed by atoms with Crippen LogP contribution >= 0.6 is 15.9 Å². The van der Waals surface area contributed by atoms with Gasteiger partial charge in [-0.05, 0) is 40.0 Å². The number of ether oxygens (including phenoxy) is 2. The molecule has 0 amide bonds. The molecule has 0 aliphatic rings. The number of anilines is 2. The minimum atomic E-state index is 0.622. The maximum Gasteiger partial charge on any atom is 0.160 e. The van der Waals surface area contributed by atoms with Gasteiger partial charge in [0.2, 0.25) is 0 Å². The molecule has 0 unspecified atom stereocenters. The fourth-order valence-corrected chi connectivity index (χ4v) is 2.49. The lowest BCUT2D eigenvalue weighted by Gasteiger charge is -2.12. The molecule has 0 aliphatic heterocycles. The van der Waals surface area contributed by atoms with Crippen molar-refractivity contribution in [3.05, 3.63) is 40.6 Å². The average molecular weight is 352 g/mol. The van der Waals surface area contributed by atoms with E-state index in [0.29, 0.717) is 5.69 Å². The van der Waals surface area contributed by atoms with Crippen molar-refractivity contribution < 1.29 is 9.47 Å². The summed E-state index contributed by atoms with van der Waals surface area (Å²) in [6.45, 7) is 0.752. The first-order valence-corrected chi connectivity index (χ1v) is 7.28. The molecule has 2 rings (SSSR count). The van der Waals surface area contributed by atoms with Crippen LogP contribution in [0, 0.1) is 0 Å². The molecule has 2 aromatic rings. The number of hydrogen-bond donors (Lipinski definition) is 2. The minimum Gasteiger partial charge on any atom is -0.493 e. The number of halogens is 1. The Morgan fingerprint density at radius 3 is 2.62 bits per heavy atom. The van der Waals surface area contributed by atoms with Crippen LogP contribution in [0.25, 0.3) is 0 Å². The number of pyridine rings is 1. The van der Waals surface area contributed by atoms with Gasteiger partial charge in [0.05, 0.1) is 36.3 Å². The molecule has 0 aliphatic carbocycles. The van der Waals surface area contributed by atoms with Gasteiger partial charge in [0, 0.05) is 12.7 Å². The van der Waals surface area contributed by atoms with E-state index >= 15 is 0 Å². The SMILES string of the molecule is COc1ccc(CCNc2c(N)cncc2Br)cc1OC. The first kappa shape index (κ1) is 15.4. The molecular weight excluding hydrogens is 334 g/mol. The van der Waals surface area contributed by atoms with Crippen LogP contribution in [0.1, 0.15) is 5.56 Å². The molecule has 0 spiro atoms. The number of nitrogens with one attached hydrogen (secondary N) is 1. The highest BCUT2D eigenvalue weighted by atomic mass is 79.9. The third-order valence-corrected chi connectivity index (χ3v) is 3.69. The van der Waals surface area contributed by atoms with Crippen molar-refractivity contribution in [2.75, 3.05) is 31.8 Å². The van der Waals surface area contributed by atoms with Crippen molar-refractivity contribution in [1.29, 1.82) is 0 Å². The van der Waals surface area contributed by atoms with E-state index in [1.165, 1.54) is 0 Å². The van der Waals surface area contributed by atoms with Crippen LogP contribution in [-0.2, 0) is 6.42 Å². The third kappa shape index (κ3) is 3.78. The topological polar surface area (TPSA) is 69.4 Å². The summed E-state index contributed by atoms with van der Waals surface area (Å²) in [5, 5.41) is 3.31. The van der Waals surface area contributed by atoms with Gasteiger partial charge in [-0.2, -0.15) is 0 Å². The Morgan fingerprint density at radius 1 is 1.19 bits per heavy atom. The fraction of sp³-hybridized carbons (Fsp3) is 0.267. The number of aromatic nitrogens is 1. The van der Waals surface area contributed by atoms with Crippen LogP contribution < -0.4 is 20.5 Å². The predicted octanol–water partition coefficient (Wildman–Crippen LogP) is 3.10. The lowest BCUT2D eigenvalue weighted by molar-refractivity contribution is 0.354. The van der Waals surface area contributed by atoms with Crippen molar-refractivity contribution in [1.82, 2.24) is 4.98 Å². The van der Waals surface area contributed by atoms with Crippen LogP contribution in [0.4, 0.5) is 11.4 Å². The lowest BCUT2D eigenvalue weighted by Crippen LogP contribution is -2.08. The van der Waals surface area contributed by atoms with Gasteiger partial charge in [0.1, 0.15) is 0 Å². The molecule has 21 heavy (non-hydrogen) atoms. The van der Waals surface area contributed by atoms with Gasteiger partial charge in [-0.25, -0.2) is 0 Å². The zero-order valence-electron chi connectivity index (χ0n) is 12.0. The van der Waals surface area contributed by atoms with Crippen molar-refractivity contribution in [2.24, 2.45) is 0 Å². The Hall–Kier alpha value is -1.95. The molecule has 6 heteroatoms. The first-order valence-electron chi connectivity index (χ1n) is 6.49. The molecular formula is C15H18BrN3O2. The van der Waals surface area contributed by atoms with Gasteiger partial charge in [-0.1, -0.05) is 6.07 Å². The van der Waals surface area contributed by atoms with E-state index in [1.807, 2.05) is 18.2 Å². The highest BCUT2D eigenvalue weighted by Crippen LogP contribution is 2.29. The minimum absolute atomic E-state index is 0.622. The predicted molar refractivity (Wildman–Crippen MR) is 88.1 cm³/mol. The van der Waals surface area contributed by atoms with E-state index in [1.54, 1.807) is 26.6 Å². The fourth-order valence-electron chi connectivity index (χ4n) is 2.00. The molecule has 0 saturated carbocycles. The van der Waals surface area contributed by atoms with Gasteiger partial charge < -0.3 is 20.5 Å². The van der Waals surface area contributed by atoms with E-state index in [2.05, 4.69) is 26.2 Å². The van der Waals surface area contributed by atoms with Crippen molar-refractivity contribution >= 4 is 27.3 Å². The first-order chi connectivity index (χ1) is 10.2. The summed E-state index contributed by atoms with van der Waals surface area (Å²) in [6.07, 6.45) is 4.19. The van der Waals surface area contributed by atoms with Crippen molar-refractivity contribution in [3.8, 4) is 11.5 Å². The smallest absolute Gasteiger partial charge is 0.160 e. The van der Waals surface area contributed by atoms with Gasteiger partial charge in [-0.15, -0.1) is 0 Å². The molecule has 0 bridgehead atoms. The Balaban J connectivity index is 2.00. The standard InChI is InChI=1S/C15H18BrN3O2/c1-20-13-4-3-10(7-14(13)21-2)5-6-19-15-11(16)8-18-9-12(15)17/h3-4,7-9H,5-6,17H2,1-2H3,(H,18,19). The van der Waals surface area contributed by atoms with Gasteiger partial charge in [-0.3, -0.25) is 4.98 Å². The van der Waals surface area contributed by atoms with E-state index in [-0.39, 0.29) is 0 Å². The average Bonchev–Trinajstić information content (AvgIpc) is 2.50. The Morgan fingerprint density at radius 2 is 1.95 bits per heavy atom. The van der Waals surface area contributed by atoms with Gasteiger partial charge in [0.15, 0.2) is 11.5 Å². The second-order valence-electron chi connectivity index (χ2n) is 4.45. The molecule has 0 radical (unpaired) electrons. The molecule has 3 N–H and O–H groups in total. The Kier molecular flexibility index (Phi) is 5.27. The van der Waals surface area contributed by atoms with Crippen LogP contribution in [0.15, 0.2) is 35.1 Å². The molecule has 1 aromatic heterocycles. The number of nitrogen functional groups attached to an aromatic ring is 1. The second kappa shape index (κ2) is 7.17. The highest BCUT2D eigenvalue weighted by Gasteiger charge is 2.06. The van der Waals surface area contributed by atoms with E-state index in [9.17, 15) is 0 Å². The third-order valence-electron chi connectivity index (χ3n) is 3.09. The zero-order valence-corrected chi connectivity index (χ0v) is 13.6. The second-order valence-corrected chi connectivity index (χ2v) is 5.31. The molecule has 0 fully saturated rings. The van der Waals surface area contributed by atoms with Crippen molar-refractivity contribution in [2.45, 2.75) is 6.42 Å². The van der Waals surface area contributed by atoms with Crippen LogP contribution in [0.3, 0.4) is 0 Å². The number of nitrogens with two attached hydrogens (primary N) is 1. The Bertz CT molecular complexity index is 600. The zero-order chi connectivity index (χ0) is 15.2. The summed E-state index contributed by atoms with van der Waals surface area (Å²) < 4.78 is 11.4. The summed E-state index contributed by atoms with van der Waals surface area (Å²) >= 11 is 3.43. The van der Waals surface area contributed by atoms with E-state index in [0.717, 1.165) is 40.2 Å². The number of benzene rings is 1. The van der Waals surface area contributed by atoms with Crippen LogP contribution in [-0.4, -0.2) is 25.7 Å². The van der Waals surface area contributed by atoms with Crippen LogP contribution in [0.5, 0.6) is 11.5 Å². The lowest BCUT2D eigenvalue weighted by atomic mass is 10.1. The summed E-state index contributed by atoms with van der Waals surface area (Å²) in [7, 11) is 3.26. The molecule has 1 aromatic carbocycles. The summed E-state index contributed by atoms with van der Waals surface area (Å²) in [4.78, 5) is 4.01. The normalized spacial score (nSPS) is 10.2. The number of rotatable bonds is 6. The van der Waals surface area contributed by atoms with E-state index in [4.69, 9.17) is 15.2 Å². The molecule has 5 nitrogen and oxygen atoms in total. The maximum absolute atomic E-state index is 5.89. The number of hydrogen-bond acceptors (Lipinski definition) is 5. The monoisotopic (exact) mass is 351 g/mol. The summed E-state index contributed by atoms with van der Waals surface area (Å²) in [5.74, 6) is 1.47. The highest BCUT2D eigenvalue weighted by molar-refractivity contribution is 9.10. The molecule has 1 heterocycles. The molecule has 0 saturated heterocycles. The largest absolute Gasteiger partial charge is 0.493 e. The van der Waals surface area contributed by atoms with Gasteiger partial charge in [0.25, 0.3) is 0 Å². The quantitative estimate of drug-likeness (QED) is 0.836. The van der Waals surface area contributed by atoms with Gasteiger partial charge >= 0.3 is 0 Å². The number of nitrogens with zero attached hydrogens (tertiary/aromatic N) is 1. The van der Waals surface area contributed by atoms with Crippen molar-refractivity contribution in [3.63, 3.8) is 0 Å².